The number of rotatable bonds is 3. The molecule has 0 radical (unpaired) electrons. The molecular weight excluding hydrogens is 400 g/mol. The van der Waals surface area contributed by atoms with Gasteiger partial charge in [-0.05, 0) is 44.0 Å². The molecule has 4 rings (SSSR count). The monoisotopic (exact) mass is 428 g/mol. The zero-order chi connectivity index (χ0) is 21.5. The molecule has 6 nitrogen and oxygen atoms in total. The molecule has 0 bridgehead atoms. The van der Waals surface area contributed by atoms with E-state index in [2.05, 4.69) is 0 Å². The first-order valence-electron chi connectivity index (χ1n) is 10.3. The van der Waals surface area contributed by atoms with Gasteiger partial charge in [0.05, 0.1) is 11.5 Å². The van der Waals surface area contributed by atoms with E-state index in [1.54, 1.807) is 17.0 Å². The van der Waals surface area contributed by atoms with Gasteiger partial charge in [-0.25, -0.2) is 8.42 Å². The minimum Gasteiger partial charge on any atom is -0.358 e. The quantitative estimate of drug-likeness (QED) is 0.753. The number of sulfonamides is 1. The molecule has 2 fully saturated rings. The van der Waals surface area contributed by atoms with Crippen molar-refractivity contribution in [2.45, 2.75) is 44.2 Å². The lowest BCUT2D eigenvalue weighted by atomic mass is 10.00. The lowest BCUT2D eigenvalue weighted by Gasteiger charge is -2.43. The highest BCUT2D eigenvalue weighted by molar-refractivity contribution is 7.89. The van der Waals surface area contributed by atoms with Gasteiger partial charge in [0.25, 0.3) is 5.91 Å². The lowest BCUT2D eigenvalue weighted by Crippen LogP contribution is -2.55. The summed E-state index contributed by atoms with van der Waals surface area (Å²) in [5.41, 5.74) is 2.33. The number of nitrogens with zero attached hydrogens (tertiary/aromatic N) is 2. The third-order valence-electron chi connectivity index (χ3n) is 6.13. The van der Waals surface area contributed by atoms with Crippen LogP contribution in [-0.4, -0.2) is 55.5 Å². The Morgan fingerprint density at radius 1 is 0.967 bits per heavy atom. The summed E-state index contributed by atoms with van der Waals surface area (Å²) in [6.45, 7) is 7.29. The highest BCUT2D eigenvalue weighted by atomic mass is 32.2. The van der Waals surface area contributed by atoms with Gasteiger partial charge >= 0.3 is 0 Å². The van der Waals surface area contributed by atoms with Gasteiger partial charge in [0.2, 0.25) is 10.0 Å². The van der Waals surface area contributed by atoms with Crippen molar-refractivity contribution in [1.29, 1.82) is 0 Å². The molecule has 7 heteroatoms. The molecule has 2 aromatic carbocycles. The van der Waals surface area contributed by atoms with Crippen molar-refractivity contribution in [3.63, 3.8) is 0 Å². The Kier molecular flexibility index (Phi) is 5.46. The zero-order valence-electron chi connectivity index (χ0n) is 17.7. The van der Waals surface area contributed by atoms with E-state index in [0.717, 1.165) is 16.7 Å². The minimum atomic E-state index is -3.71. The summed E-state index contributed by atoms with van der Waals surface area (Å²) < 4.78 is 34.9. The van der Waals surface area contributed by atoms with Gasteiger partial charge in [0.1, 0.15) is 5.72 Å². The van der Waals surface area contributed by atoms with Crippen molar-refractivity contribution >= 4 is 15.9 Å². The van der Waals surface area contributed by atoms with Crippen LogP contribution in [0.15, 0.2) is 47.4 Å². The molecule has 2 aromatic rings. The van der Waals surface area contributed by atoms with Crippen LogP contribution in [-0.2, 0) is 14.8 Å². The van der Waals surface area contributed by atoms with Crippen LogP contribution in [0, 0.1) is 20.8 Å². The molecule has 160 valence electrons. The van der Waals surface area contributed by atoms with Gasteiger partial charge in [-0.1, -0.05) is 35.9 Å². The second kappa shape index (κ2) is 7.80. The summed E-state index contributed by atoms with van der Waals surface area (Å²) in [5.74, 6) is -0.0249. The van der Waals surface area contributed by atoms with E-state index in [9.17, 15) is 13.2 Å². The Labute approximate surface area is 178 Å². The summed E-state index contributed by atoms with van der Waals surface area (Å²) in [6.07, 6.45) is 0.934. The van der Waals surface area contributed by atoms with Crippen LogP contribution in [0.5, 0.6) is 0 Å². The van der Waals surface area contributed by atoms with E-state index in [1.807, 2.05) is 51.1 Å². The van der Waals surface area contributed by atoms with Gasteiger partial charge in [0, 0.05) is 38.0 Å². The first-order valence-corrected chi connectivity index (χ1v) is 11.8. The average Bonchev–Trinajstić information content (AvgIpc) is 3.11. The van der Waals surface area contributed by atoms with Crippen molar-refractivity contribution in [3.05, 3.63) is 64.7 Å². The number of hydrogen-bond donors (Lipinski definition) is 0. The maximum Gasteiger partial charge on any atom is 0.253 e. The SMILES string of the molecule is Cc1cc(C)c(S(=O)(=O)N2CCOC23CCN(C(=O)c2ccccc2)CC3)c(C)c1. The summed E-state index contributed by atoms with van der Waals surface area (Å²) in [5, 5.41) is 0. The molecule has 1 amide bonds. The zero-order valence-corrected chi connectivity index (χ0v) is 18.5. The first kappa shape index (κ1) is 21.0. The maximum atomic E-state index is 13.7. The normalized spacial score (nSPS) is 19.4. The summed E-state index contributed by atoms with van der Waals surface area (Å²) in [7, 11) is -3.71. The van der Waals surface area contributed by atoms with E-state index in [1.165, 1.54) is 4.31 Å². The molecule has 2 aliphatic rings. The summed E-state index contributed by atoms with van der Waals surface area (Å²) >= 11 is 0. The molecule has 0 aromatic heterocycles. The molecule has 0 unspecified atom stereocenters. The molecule has 1 spiro atoms. The van der Waals surface area contributed by atoms with E-state index < -0.39 is 15.7 Å². The van der Waals surface area contributed by atoms with Crippen LogP contribution < -0.4 is 0 Å². The minimum absolute atomic E-state index is 0.0249. The third-order valence-corrected chi connectivity index (χ3v) is 8.38. The predicted molar refractivity (Wildman–Crippen MR) is 115 cm³/mol. The fourth-order valence-corrected chi connectivity index (χ4v) is 6.97. The van der Waals surface area contributed by atoms with Gasteiger partial charge in [-0.2, -0.15) is 4.31 Å². The van der Waals surface area contributed by atoms with Gasteiger partial charge in [-0.3, -0.25) is 4.79 Å². The average molecular weight is 429 g/mol. The summed E-state index contributed by atoms with van der Waals surface area (Å²) in [4.78, 5) is 14.9. The number of aryl methyl sites for hydroxylation is 3. The molecule has 2 saturated heterocycles. The molecule has 0 saturated carbocycles. The Balaban J connectivity index is 1.58. The van der Waals surface area contributed by atoms with E-state index in [-0.39, 0.29) is 5.91 Å². The van der Waals surface area contributed by atoms with Crippen LogP contribution in [0.2, 0.25) is 0 Å². The molecule has 2 heterocycles. The van der Waals surface area contributed by atoms with Crippen LogP contribution in [0.3, 0.4) is 0 Å². The van der Waals surface area contributed by atoms with Crippen LogP contribution in [0.25, 0.3) is 0 Å². The lowest BCUT2D eigenvalue weighted by molar-refractivity contribution is -0.0857. The molecule has 2 aliphatic heterocycles. The number of likely N-dealkylation sites (tertiary alicyclic amines) is 1. The van der Waals surface area contributed by atoms with Crippen molar-refractivity contribution in [3.8, 4) is 0 Å². The number of piperidine rings is 1. The summed E-state index contributed by atoms with van der Waals surface area (Å²) in [6, 6.07) is 13.0. The van der Waals surface area contributed by atoms with Crippen LogP contribution >= 0.6 is 0 Å². The van der Waals surface area contributed by atoms with Gasteiger partial charge in [-0.15, -0.1) is 0 Å². The number of amides is 1. The Hall–Kier alpha value is -2.22. The second-order valence-electron chi connectivity index (χ2n) is 8.26. The molecule has 0 N–H and O–H groups in total. The fourth-order valence-electron chi connectivity index (χ4n) is 4.83. The Bertz CT molecular complexity index is 1030. The van der Waals surface area contributed by atoms with E-state index >= 15 is 0 Å². The Morgan fingerprint density at radius 2 is 1.57 bits per heavy atom. The first-order chi connectivity index (χ1) is 14.2. The van der Waals surface area contributed by atoms with Crippen molar-refractivity contribution in [2.24, 2.45) is 0 Å². The van der Waals surface area contributed by atoms with Gasteiger partial charge in [0.15, 0.2) is 0 Å². The van der Waals surface area contributed by atoms with Gasteiger partial charge < -0.3 is 9.64 Å². The number of hydrogen-bond acceptors (Lipinski definition) is 4. The molecule has 0 atom stereocenters. The van der Waals surface area contributed by atoms with Crippen molar-refractivity contribution in [1.82, 2.24) is 9.21 Å². The molecular formula is C23H28N2O4S. The standard InChI is InChI=1S/C23H28N2O4S/c1-17-15-18(2)21(19(3)16-17)30(27,28)25-13-14-29-23(25)9-11-24(12-10-23)22(26)20-7-5-4-6-8-20/h4-8,15-16H,9-14H2,1-3H3. The van der Waals surface area contributed by atoms with Crippen LogP contribution in [0.1, 0.15) is 39.9 Å². The number of carbonyl (C=O) groups excluding carboxylic acids is 1. The van der Waals surface area contributed by atoms with E-state index in [4.69, 9.17) is 4.74 Å². The molecule has 0 aliphatic carbocycles. The number of ether oxygens (including phenoxy) is 1. The fraction of sp³-hybridized carbons (Fsp3) is 0.435. The highest BCUT2D eigenvalue weighted by Crippen LogP contribution is 2.39. The van der Waals surface area contributed by atoms with E-state index in [0.29, 0.717) is 49.5 Å². The number of carbonyl (C=O) groups is 1. The molecule has 30 heavy (non-hydrogen) atoms. The Morgan fingerprint density at radius 3 is 2.17 bits per heavy atom. The van der Waals surface area contributed by atoms with Crippen molar-refractivity contribution in [2.75, 3.05) is 26.2 Å². The third kappa shape index (κ3) is 3.55. The largest absolute Gasteiger partial charge is 0.358 e. The topological polar surface area (TPSA) is 66.9 Å². The smallest absolute Gasteiger partial charge is 0.253 e. The van der Waals surface area contributed by atoms with Crippen molar-refractivity contribution < 1.29 is 17.9 Å². The van der Waals surface area contributed by atoms with Crippen LogP contribution in [0.4, 0.5) is 0 Å². The predicted octanol–water partition coefficient (Wildman–Crippen LogP) is 3.27. The maximum absolute atomic E-state index is 13.7. The number of benzene rings is 2. The highest BCUT2D eigenvalue weighted by Gasteiger charge is 2.51. The second-order valence-corrected chi connectivity index (χ2v) is 10.1.